The Morgan fingerprint density at radius 3 is 2.42 bits per heavy atom. The highest BCUT2D eigenvalue weighted by Crippen LogP contribution is 2.09. The van der Waals surface area contributed by atoms with Crippen molar-refractivity contribution >= 4 is 5.91 Å². The summed E-state index contributed by atoms with van der Waals surface area (Å²) in [5, 5.41) is 0. The van der Waals surface area contributed by atoms with Gasteiger partial charge in [0.15, 0.2) is 0 Å². The van der Waals surface area contributed by atoms with Crippen LogP contribution in [0.25, 0.3) is 5.69 Å². The molecule has 4 N–H and O–H groups in total. The molecule has 0 aliphatic rings. The first kappa shape index (κ1) is 13.0. The average Bonchev–Trinajstić information content (AvgIpc) is 2.40. The summed E-state index contributed by atoms with van der Waals surface area (Å²) in [4.78, 5) is 22.5. The van der Waals surface area contributed by atoms with Gasteiger partial charge in [-0.05, 0) is 30.2 Å². The SMILES string of the molecule is NC(=O)C(N)Cc1ccc(-n2ccccc2=O)cc1. The predicted molar refractivity (Wildman–Crippen MR) is 72.9 cm³/mol. The molecule has 0 saturated heterocycles. The summed E-state index contributed by atoms with van der Waals surface area (Å²) in [6, 6.07) is 11.6. The van der Waals surface area contributed by atoms with Gasteiger partial charge in [0.1, 0.15) is 0 Å². The summed E-state index contributed by atoms with van der Waals surface area (Å²) < 4.78 is 1.54. The van der Waals surface area contributed by atoms with E-state index in [2.05, 4.69) is 0 Å². The van der Waals surface area contributed by atoms with E-state index in [9.17, 15) is 9.59 Å². The third-order valence-corrected chi connectivity index (χ3v) is 2.86. The monoisotopic (exact) mass is 257 g/mol. The number of carbonyl (C=O) groups excluding carboxylic acids is 1. The van der Waals surface area contributed by atoms with Crippen LogP contribution in [0.4, 0.5) is 0 Å². The van der Waals surface area contributed by atoms with Gasteiger partial charge in [-0.25, -0.2) is 0 Å². The Balaban J connectivity index is 2.22. The summed E-state index contributed by atoms with van der Waals surface area (Å²) in [7, 11) is 0. The number of pyridine rings is 1. The van der Waals surface area contributed by atoms with Gasteiger partial charge in [0.2, 0.25) is 5.91 Å². The number of hydrogen-bond donors (Lipinski definition) is 2. The molecule has 0 radical (unpaired) electrons. The molecule has 5 nitrogen and oxygen atoms in total. The van der Waals surface area contributed by atoms with Crippen LogP contribution in [0.15, 0.2) is 53.5 Å². The normalized spacial score (nSPS) is 12.1. The minimum atomic E-state index is -0.690. The predicted octanol–water partition coefficient (Wildman–Crippen LogP) is 0.193. The van der Waals surface area contributed by atoms with Crippen LogP contribution in [0.1, 0.15) is 5.56 Å². The van der Waals surface area contributed by atoms with Gasteiger partial charge < -0.3 is 11.5 Å². The van der Waals surface area contributed by atoms with E-state index in [0.29, 0.717) is 6.42 Å². The van der Waals surface area contributed by atoms with Crippen molar-refractivity contribution in [3.05, 3.63) is 64.6 Å². The van der Waals surface area contributed by atoms with Gasteiger partial charge in [-0.1, -0.05) is 18.2 Å². The summed E-state index contributed by atoms with van der Waals surface area (Å²) in [6.07, 6.45) is 2.09. The molecule has 1 aromatic heterocycles. The summed E-state index contributed by atoms with van der Waals surface area (Å²) in [5.74, 6) is -0.525. The van der Waals surface area contributed by atoms with E-state index in [4.69, 9.17) is 11.5 Å². The van der Waals surface area contributed by atoms with Gasteiger partial charge in [-0.3, -0.25) is 14.2 Å². The molecule has 1 atom stereocenters. The van der Waals surface area contributed by atoms with Crippen molar-refractivity contribution in [2.24, 2.45) is 11.5 Å². The summed E-state index contributed by atoms with van der Waals surface area (Å²) in [6.45, 7) is 0. The molecule has 1 heterocycles. The van der Waals surface area contributed by atoms with Crippen LogP contribution in [0.3, 0.4) is 0 Å². The highest BCUT2D eigenvalue weighted by molar-refractivity contribution is 5.79. The molecule has 0 bridgehead atoms. The molecule has 1 unspecified atom stereocenters. The van der Waals surface area contributed by atoms with E-state index in [1.54, 1.807) is 18.3 Å². The van der Waals surface area contributed by atoms with Gasteiger partial charge in [0.25, 0.3) is 5.56 Å². The van der Waals surface area contributed by atoms with Crippen molar-refractivity contribution in [3.8, 4) is 5.69 Å². The van der Waals surface area contributed by atoms with Gasteiger partial charge in [-0.15, -0.1) is 0 Å². The molecule has 0 saturated carbocycles. The Kier molecular flexibility index (Phi) is 3.77. The molecule has 0 spiro atoms. The van der Waals surface area contributed by atoms with Crippen molar-refractivity contribution in [2.45, 2.75) is 12.5 Å². The molecule has 98 valence electrons. The zero-order valence-electron chi connectivity index (χ0n) is 10.3. The fraction of sp³-hybridized carbons (Fsp3) is 0.143. The highest BCUT2D eigenvalue weighted by atomic mass is 16.1. The van der Waals surface area contributed by atoms with Crippen LogP contribution < -0.4 is 17.0 Å². The number of hydrogen-bond acceptors (Lipinski definition) is 3. The van der Waals surface area contributed by atoms with Crippen LogP contribution in [0.2, 0.25) is 0 Å². The Hall–Kier alpha value is -2.40. The number of benzene rings is 1. The van der Waals surface area contributed by atoms with E-state index in [1.807, 2.05) is 24.3 Å². The van der Waals surface area contributed by atoms with E-state index in [1.165, 1.54) is 10.6 Å². The molecule has 2 aromatic rings. The quantitative estimate of drug-likeness (QED) is 0.819. The Morgan fingerprint density at radius 1 is 1.16 bits per heavy atom. The fourth-order valence-corrected chi connectivity index (χ4v) is 1.79. The van der Waals surface area contributed by atoms with Gasteiger partial charge >= 0.3 is 0 Å². The molecule has 19 heavy (non-hydrogen) atoms. The second-order valence-corrected chi connectivity index (χ2v) is 4.29. The second-order valence-electron chi connectivity index (χ2n) is 4.29. The van der Waals surface area contributed by atoms with Crippen LogP contribution in [-0.2, 0) is 11.2 Å². The number of nitrogens with zero attached hydrogens (tertiary/aromatic N) is 1. The third kappa shape index (κ3) is 3.08. The van der Waals surface area contributed by atoms with Crippen molar-refractivity contribution < 1.29 is 4.79 Å². The lowest BCUT2D eigenvalue weighted by molar-refractivity contribution is -0.119. The number of nitrogens with two attached hydrogens (primary N) is 2. The number of aromatic nitrogens is 1. The van der Waals surface area contributed by atoms with E-state index >= 15 is 0 Å². The first-order valence-corrected chi connectivity index (χ1v) is 5.90. The van der Waals surface area contributed by atoms with Gasteiger partial charge in [-0.2, -0.15) is 0 Å². The first-order chi connectivity index (χ1) is 9.08. The van der Waals surface area contributed by atoms with Crippen molar-refractivity contribution in [2.75, 3.05) is 0 Å². The minimum Gasteiger partial charge on any atom is -0.368 e. The highest BCUT2D eigenvalue weighted by Gasteiger charge is 2.09. The maximum Gasteiger partial charge on any atom is 0.255 e. The third-order valence-electron chi connectivity index (χ3n) is 2.86. The maximum absolute atomic E-state index is 11.7. The fourth-order valence-electron chi connectivity index (χ4n) is 1.79. The number of carbonyl (C=O) groups is 1. The molecule has 1 aromatic carbocycles. The minimum absolute atomic E-state index is 0.0934. The van der Waals surface area contributed by atoms with E-state index < -0.39 is 11.9 Å². The lowest BCUT2D eigenvalue weighted by Crippen LogP contribution is -2.38. The van der Waals surface area contributed by atoms with Gasteiger partial charge in [0.05, 0.1) is 6.04 Å². The topological polar surface area (TPSA) is 91.1 Å². The Morgan fingerprint density at radius 2 is 1.84 bits per heavy atom. The van der Waals surface area contributed by atoms with Crippen molar-refractivity contribution in [3.63, 3.8) is 0 Å². The summed E-state index contributed by atoms with van der Waals surface area (Å²) >= 11 is 0. The first-order valence-electron chi connectivity index (χ1n) is 5.90. The summed E-state index contributed by atoms with van der Waals surface area (Å²) in [5.41, 5.74) is 12.3. The van der Waals surface area contributed by atoms with Crippen LogP contribution in [0, 0.1) is 0 Å². The van der Waals surface area contributed by atoms with Gasteiger partial charge in [0, 0.05) is 18.0 Å². The number of rotatable bonds is 4. The van der Waals surface area contributed by atoms with E-state index in [-0.39, 0.29) is 5.56 Å². The number of primary amides is 1. The molecular weight excluding hydrogens is 242 g/mol. The average molecular weight is 257 g/mol. The number of amides is 1. The molecule has 5 heteroatoms. The second kappa shape index (κ2) is 5.49. The molecule has 0 aliphatic carbocycles. The Bertz CT molecular complexity index is 632. The maximum atomic E-state index is 11.7. The smallest absolute Gasteiger partial charge is 0.255 e. The zero-order chi connectivity index (χ0) is 13.8. The zero-order valence-corrected chi connectivity index (χ0v) is 10.3. The van der Waals surface area contributed by atoms with Crippen molar-refractivity contribution in [1.29, 1.82) is 0 Å². The molecule has 2 rings (SSSR count). The van der Waals surface area contributed by atoms with Crippen molar-refractivity contribution in [1.82, 2.24) is 4.57 Å². The standard InChI is InChI=1S/C14H15N3O2/c15-12(14(16)19)9-10-4-6-11(7-5-10)17-8-2-1-3-13(17)18/h1-8,12H,9,15H2,(H2,16,19). The lowest BCUT2D eigenvalue weighted by Gasteiger charge is -2.09. The lowest BCUT2D eigenvalue weighted by atomic mass is 10.1. The van der Waals surface area contributed by atoms with Crippen LogP contribution in [0.5, 0.6) is 0 Å². The Labute approximate surface area is 110 Å². The largest absolute Gasteiger partial charge is 0.368 e. The molecule has 0 fully saturated rings. The molecular formula is C14H15N3O2. The van der Waals surface area contributed by atoms with Crippen LogP contribution >= 0.6 is 0 Å². The molecule has 0 aliphatic heterocycles. The molecule has 1 amide bonds. The van der Waals surface area contributed by atoms with E-state index in [0.717, 1.165) is 11.3 Å². The van der Waals surface area contributed by atoms with Crippen LogP contribution in [-0.4, -0.2) is 16.5 Å².